The molecular formula is C44H61N7O12. The molecule has 1 heterocycles. The summed E-state index contributed by atoms with van der Waals surface area (Å²) in [7, 11) is 1.17. The Labute approximate surface area is 366 Å². The highest BCUT2D eigenvalue weighted by atomic mass is 16.6. The van der Waals surface area contributed by atoms with E-state index < -0.39 is 105 Å². The smallest absolute Gasteiger partial charge is 0.336 e. The van der Waals surface area contributed by atoms with Gasteiger partial charge in [0.15, 0.2) is 0 Å². The van der Waals surface area contributed by atoms with E-state index in [0.29, 0.717) is 18.4 Å². The fourth-order valence-electron chi connectivity index (χ4n) is 8.60. The fraction of sp³-hybridized carbons (Fsp3) is 0.591. The normalized spacial score (nSPS) is 19.3. The highest BCUT2D eigenvalue weighted by molar-refractivity contribution is 6.06. The molecular weight excluding hydrogens is 819 g/mol. The molecule has 63 heavy (non-hydrogen) atoms. The predicted molar refractivity (Wildman–Crippen MR) is 229 cm³/mol. The second kappa shape index (κ2) is 22.3. The minimum absolute atomic E-state index is 0.0262. The van der Waals surface area contributed by atoms with E-state index in [1.54, 1.807) is 20.8 Å². The van der Waals surface area contributed by atoms with Crippen LogP contribution in [0.2, 0.25) is 0 Å². The van der Waals surface area contributed by atoms with Crippen molar-refractivity contribution in [2.24, 2.45) is 23.0 Å². The van der Waals surface area contributed by atoms with E-state index in [2.05, 4.69) is 32.6 Å². The van der Waals surface area contributed by atoms with Crippen LogP contribution in [0.25, 0.3) is 0 Å². The van der Waals surface area contributed by atoms with Gasteiger partial charge in [-0.1, -0.05) is 77.5 Å². The van der Waals surface area contributed by atoms with Gasteiger partial charge in [-0.15, -0.1) is 0 Å². The van der Waals surface area contributed by atoms with E-state index in [9.17, 15) is 53.6 Å². The summed E-state index contributed by atoms with van der Waals surface area (Å²) < 4.78 is 4.61. The predicted octanol–water partition coefficient (Wildman–Crippen LogP) is 3.20. The van der Waals surface area contributed by atoms with Crippen molar-refractivity contribution in [1.29, 1.82) is 0 Å². The first-order valence-corrected chi connectivity index (χ1v) is 21.5. The number of benzene rings is 1. The molecule has 0 spiro atoms. The van der Waals surface area contributed by atoms with Crippen molar-refractivity contribution < 1.29 is 53.1 Å². The van der Waals surface area contributed by atoms with Crippen molar-refractivity contribution >= 4 is 53.1 Å². The van der Waals surface area contributed by atoms with Crippen molar-refractivity contribution in [2.45, 2.75) is 134 Å². The summed E-state index contributed by atoms with van der Waals surface area (Å²) in [5.74, 6) is -7.00. The molecule has 19 nitrogen and oxygen atoms in total. The lowest BCUT2D eigenvalue weighted by Crippen LogP contribution is -2.62. The third-order valence-electron chi connectivity index (χ3n) is 12.1. The number of likely N-dealkylation sites (tertiary alicyclic amines) is 1. The topological polar surface area (TPSA) is 287 Å². The van der Waals surface area contributed by atoms with E-state index in [1.807, 2.05) is 0 Å². The number of nitrogens with one attached hydrogen (secondary N) is 4. The van der Waals surface area contributed by atoms with E-state index in [-0.39, 0.29) is 37.6 Å². The highest BCUT2D eigenvalue weighted by Crippen LogP contribution is 2.31. The molecule has 0 radical (unpaired) electrons. The number of amides is 6. The van der Waals surface area contributed by atoms with Crippen molar-refractivity contribution in [1.82, 2.24) is 26.2 Å². The first-order valence-electron chi connectivity index (χ1n) is 21.5. The summed E-state index contributed by atoms with van der Waals surface area (Å²) in [5, 5.41) is 32.1. The molecule has 2 aliphatic carbocycles. The Morgan fingerprint density at radius 1 is 0.905 bits per heavy atom. The number of rotatable bonds is 18. The number of carboxylic acid groups (broad SMARTS) is 1. The minimum Gasteiger partial charge on any atom is -0.478 e. The number of carbonyl (C=O) groups is 8. The van der Waals surface area contributed by atoms with Crippen LogP contribution in [0.3, 0.4) is 0 Å². The molecule has 1 aliphatic heterocycles. The van der Waals surface area contributed by atoms with Crippen LogP contribution >= 0.6 is 0 Å². The maximum absolute atomic E-state index is 14.6. The standard InChI is InChI=1S/C44H61N7O12/c1-25-22-32(40(56)48-35(27-16-10-7-11-17-27)41(57)47-34(37(45)53)26-14-8-6-9-15-26)50(24-25)42(58)36(44(2,3)4)49-39(55)31(18-12-13-19-33(52)63-5)46-38(54)29-21-20-28(51(61)62)23-30(29)43(59)60/h13,19-21,23,26-27,31-32,34-36H,1,6-12,14-18,22,24H2,2-5H3,(H2,45,53)(H,46,54)(H,47,57)(H,48,56)(H,49,55)(H,59,60)/b19-13+/t31-,32-,34-,35-,36+/m0/s1. The monoisotopic (exact) mass is 879 g/mol. The molecule has 7 N–H and O–H groups in total. The van der Waals surface area contributed by atoms with Crippen LogP contribution in [0.15, 0.2) is 42.5 Å². The zero-order valence-corrected chi connectivity index (χ0v) is 36.4. The molecule has 3 fully saturated rings. The number of hydrogen-bond donors (Lipinski definition) is 6. The molecule has 2 saturated carbocycles. The van der Waals surface area contributed by atoms with Gasteiger partial charge in [0.05, 0.1) is 23.2 Å². The second-order valence-corrected chi connectivity index (χ2v) is 17.7. The van der Waals surface area contributed by atoms with Crippen LogP contribution in [0.4, 0.5) is 5.69 Å². The number of esters is 1. The van der Waals surface area contributed by atoms with Crippen molar-refractivity contribution in [3.63, 3.8) is 0 Å². The summed E-state index contributed by atoms with van der Waals surface area (Å²) in [4.78, 5) is 119. The van der Waals surface area contributed by atoms with Gasteiger partial charge in [-0.25, -0.2) is 9.59 Å². The second-order valence-electron chi connectivity index (χ2n) is 17.7. The third-order valence-corrected chi connectivity index (χ3v) is 12.1. The Hall–Kier alpha value is -6.14. The summed E-state index contributed by atoms with van der Waals surface area (Å²) in [6, 6.07) is -3.16. The molecule has 1 saturated heterocycles. The Balaban J connectivity index is 1.59. The van der Waals surface area contributed by atoms with Crippen molar-refractivity contribution in [2.75, 3.05) is 13.7 Å². The molecule has 3 aliphatic rings. The number of nitrogens with zero attached hydrogens (tertiary/aromatic N) is 2. The number of aromatic carboxylic acids is 1. The number of primary amides is 1. The number of nitro benzene ring substituents is 1. The average Bonchev–Trinajstić information content (AvgIpc) is 3.65. The Morgan fingerprint density at radius 3 is 2.05 bits per heavy atom. The van der Waals surface area contributed by atoms with Gasteiger partial charge < -0.3 is 41.7 Å². The molecule has 6 amide bonds. The van der Waals surface area contributed by atoms with Gasteiger partial charge in [0.1, 0.15) is 30.2 Å². The lowest BCUT2D eigenvalue weighted by Gasteiger charge is -2.37. The van der Waals surface area contributed by atoms with Crippen LogP contribution < -0.4 is 27.0 Å². The molecule has 0 unspecified atom stereocenters. The quantitative estimate of drug-likeness (QED) is 0.0408. The van der Waals surface area contributed by atoms with E-state index in [1.165, 1.54) is 18.1 Å². The van der Waals surface area contributed by atoms with Gasteiger partial charge in [0, 0.05) is 24.8 Å². The van der Waals surface area contributed by atoms with Crippen molar-refractivity contribution in [3.8, 4) is 0 Å². The number of nitrogens with two attached hydrogens (primary N) is 1. The minimum atomic E-state index is -1.63. The maximum atomic E-state index is 14.6. The maximum Gasteiger partial charge on any atom is 0.336 e. The average molecular weight is 880 g/mol. The van der Waals surface area contributed by atoms with Crippen LogP contribution in [0.1, 0.15) is 125 Å². The number of allylic oxidation sites excluding steroid dienone is 1. The van der Waals surface area contributed by atoms with Gasteiger partial charge in [-0.05, 0) is 68.3 Å². The van der Waals surface area contributed by atoms with Gasteiger partial charge in [0.2, 0.25) is 29.5 Å². The van der Waals surface area contributed by atoms with Gasteiger partial charge in [-0.2, -0.15) is 0 Å². The molecule has 1 aromatic carbocycles. The number of hydrogen-bond acceptors (Lipinski definition) is 11. The largest absolute Gasteiger partial charge is 0.478 e. The van der Waals surface area contributed by atoms with Crippen LogP contribution in [0, 0.1) is 27.4 Å². The fourth-order valence-corrected chi connectivity index (χ4v) is 8.60. The lowest BCUT2D eigenvalue weighted by molar-refractivity contribution is -0.384. The Kier molecular flexibility index (Phi) is 17.5. The molecule has 1 aromatic rings. The summed E-state index contributed by atoms with van der Waals surface area (Å²) in [5.41, 5.74) is 3.61. The number of carboxylic acids is 1. The van der Waals surface area contributed by atoms with Gasteiger partial charge in [-0.3, -0.25) is 38.9 Å². The highest BCUT2D eigenvalue weighted by Gasteiger charge is 2.45. The first-order chi connectivity index (χ1) is 29.7. The molecule has 4 rings (SSSR count). The molecule has 0 bridgehead atoms. The number of non-ortho nitro benzene ring substituents is 1. The zero-order chi connectivity index (χ0) is 46.6. The SMILES string of the molecule is C=C1C[C@@H](C(=O)N[C@H](C(=O)N[C@H](C(N)=O)C2CCCCC2)C2CCCCC2)N(C(=O)[C@@H](NC(=O)[C@H](CC/C=C/C(=O)OC)NC(=O)c2ccc([N+](=O)[O-])cc2C(=O)O)C(C)(C)C)C1. The van der Waals surface area contributed by atoms with Gasteiger partial charge >= 0.3 is 11.9 Å². The number of methoxy groups -OCH3 is 1. The number of nitro groups is 1. The number of ether oxygens (including phenoxy) is 1. The number of carbonyl (C=O) groups excluding carboxylic acids is 7. The molecule has 0 aromatic heterocycles. The molecule has 5 atom stereocenters. The molecule has 19 heteroatoms. The summed E-state index contributed by atoms with van der Waals surface area (Å²) in [6.07, 6.45) is 10.8. The van der Waals surface area contributed by atoms with Gasteiger partial charge in [0.25, 0.3) is 11.6 Å². The molecule has 344 valence electrons. The van der Waals surface area contributed by atoms with Crippen LogP contribution in [0.5, 0.6) is 0 Å². The van der Waals surface area contributed by atoms with Crippen molar-refractivity contribution in [3.05, 3.63) is 63.7 Å². The Morgan fingerprint density at radius 2 is 1.51 bits per heavy atom. The first kappa shape index (κ1) is 49.5. The van der Waals surface area contributed by atoms with Crippen LogP contribution in [-0.4, -0.2) is 106 Å². The third kappa shape index (κ3) is 13.4. The Bertz CT molecular complexity index is 1970. The summed E-state index contributed by atoms with van der Waals surface area (Å²) in [6.45, 7) is 9.06. The lowest BCUT2D eigenvalue weighted by atomic mass is 9.81. The summed E-state index contributed by atoms with van der Waals surface area (Å²) >= 11 is 0. The van der Waals surface area contributed by atoms with E-state index in [4.69, 9.17) is 5.73 Å². The van der Waals surface area contributed by atoms with E-state index in [0.717, 1.165) is 75.6 Å². The zero-order valence-electron chi connectivity index (χ0n) is 36.4. The van der Waals surface area contributed by atoms with Crippen LogP contribution in [-0.2, 0) is 33.5 Å². The van der Waals surface area contributed by atoms with E-state index >= 15 is 0 Å².